The van der Waals surface area contributed by atoms with Crippen molar-refractivity contribution in [3.05, 3.63) is 0 Å². The van der Waals surface area contributed by atoms with Crippen LogP contribution in [-0.2, 0) is 0 Å². The quantitative estimate of drug-likeness (QED) is 0.723. The van der Waals surface area contributed by atoms with E-state index in [1.807, 2.05) is 0 Å². The third-order valence-corrected chi connectivity index (χ3v) is 3.15. The maximum absolute atomic E-state index is 8.73. The van der Waals surface area contributed by atoms with Gasteiger partial charge < -0.3 is 10.0 Å². The molecule has 0 aliphatic carbocycles. The van der Waals surface area contributed by atoms with Crippen molar-refractivity contribution in [1.29, 1.82) is 0 Å². The summed E-state index contributed by atoms with van der Waals surface area (Å²) in [6.07, 6.45) is 4.88. The minimum atomic E-state index is 0.365. The first-order valence-corrected chi connectivity index (χ1v) is 5.59. The van der Waals surface area contributed by atoms with Gasteiger partial charge in [0.25, 0.3) is 0 Å². The minimum absolute atomic E-state index is 0.365. The zero-order valence-corrected chi connectivity index (χ0v) is 9.00. The van der Waals surface area contributed by atoms with Gasteiger partial charge in [-0.25, -0.2) is 0 Å². The summed E-state index contributed by atoms with van der Waals surface area (Å²) in [4.78, 5) is 2.55. The number of nitrogens with zero attached hydrogens (tertiary/aromatic N) is 1. The first-order valence-electron chi connectivity index (χ1n) is 5.59. The van der Waals surface area contributed by atoms with Crippen molar-refractivity contribution >= 4 is 0 Å². The van der Waals surface area contributed by atoms with Crippen LogP contribution in [0.25, 0.3) is 0 Å². The van der Waals surface area contributed by atoms with Gasteiger partial charge in [-0.3, -0.25) is 0 Å². The Morgan fingerprint density at radius 2 is 1.92 bits per heavy atom. The summed E-state index contributed by atoms with van der Waals surface area (Å²) in [5.41, 5.74) is 0. The molecule has 2 nitrogen and oxygen atoms in total. The second-order valence-electron chi connectivity index (χ2n) is 4.44. The van der Waals surface area contributed by atoms with Gasteiger partial charge in [-0.1, -0.05) is 0 Å². The molecule has 13 heavy (non-hydrogen) atoms. The predicted molar refractivity (Wildman–Crippen MR) is 55.8 cm³/mol. The van der Waals surface area contributed by atoms with Gasteiger partial charge >= 0.3 is 0 Å². The number of aliphatic hydroxyl groups is 1. The van der Waals surface area contributed by atoms with Crippen LogP contribution in [0.1, 0.15) is 39.5 Å². The van der Waals surface area contributed by atoms with E-state index in [2.05, 4.69) is 18.7 Å². The molecule has 0 amide bonds. The molecule has 1 aliphatic heterocycles. The molecule has 0 aromatic rings. The molecular formula is C11H23NO. The summed E-state index contributed by atoms with van der Waals surface area (Å²) in [6, 6.07) is 0.707. The van der Waals surface area contributed by atoms with E-state index in [0.29, 0.717) is 12.6 Å². The molecule has 0 atom stereocenters. The molecule has 0 bridgehead atoms. The fourth-order valence-corrected chi connectivity index (χ4v) is 2.14. The van der Waals surface area contributed by atoms with Crippen molar-refractivity contribution in [2.75, 3.05) is 19.7 Å². The van der Waals surface area contributed by atoms with Crippen molar-refractivity contribution < 1.29 is 5.11 Å². The smallest absolute Gasteiger partial charge is 0.0431 e. The fraction of sp³-hybridized carbons (Fsp3) is 1.00. The number of aliphatic hydroxyl groups excluding tert-OH is 1. The lowest BCUT2D eigenvalue weighted by Gasteiger charge is -2.34. The number of hydrogen-bond donors (Lipinski definition) is 1. The lowest BCUT2D eigenvalue weighted by molar-refractivity contribution is 0.140. The van der Waals surface area contributed by atoms with Gasteiger partial charge in [0.05, 0.1) is 0 Å². The Balaban J connectivity index is 2.15. The lowest BCUT2D eigenvalue weighted by Crippen LogP contribution is -2.38. The first kappa shape index (κ1) is 11.0. The molecule has 1 rings (SSSR count). The van der Waals surface area contributed by atoms with Gasteiger partial charge in [0.2, 0.25) is 0 Å². The summed E-state index contributed by atoms with van der Waals surface area (Å²) in [7, 11) is 0. The van der Waals surface area contributed by atoms with Crippen molar-refractivity contribution in [3.63, 3.8) is 0 Å². The average Bonchev–Trinajstić information content (AvgIpc) is 2.15. The fourth-order valence-electron chi connectivity index (χ4n) is 2.14. The molecule has 2 heteroatoms. The zero-order valence-electron chi connectivity index (χ0n) is 9.00. The van der Waals surface area contributed by atoms with Crippen LogP contribution in [0.15, 0.2) is 0 Å². The largest absolute Gasteiger partial charge is 0.396 e. The molecule has 0 aromatic carbocycles. The van der Waals surface area contributed by atoms with E-state index < -0.39 is 0 Å². The lowest BCUT2D eigenvalue weighted by atomic mass is 9.92. The average molecular weight is 185 g/mol. The Morgan fingerprint density at radius 1 is 1.31 bits per heavy atom. The van der Waals surface area contributed by atoms with E-state index in [4.69, 9.17) is 5.11 Å². The normalized spacial score (nSPS) is 21.2. The van der Waals surface area contributed by atoms with Crippen LogP contribution in [0.3, 0.4) is 0 Å². The molecule has 0 unspecified atom stereocenters. The summed E-state index contributed by atoms with van der Waals surface area (Å²) in [5.74, 6) is 0.877. The highest BCUT2D eigenvalue weighted by Crippen LogP contribution is 2.22. The third kappa shape index (κ3) is 3.65. The van der Waals surface area contributed by atoms with Crippen molar-refractivity contribution in [2.24, 2.45) is 5.92 Å². The Morgan fingerprint density at radius 3 is 2.38 bits per heavy atom. The standard InChI is InChI=1S/C11H23NO/c1-10(2)12-7-5-11(6-8-12)4-3-9-13/h10-11,13H,3-9H2,1-2H3. The molecule has 78 valence electrons. The maximum Gasteiger partial charge on any atom is 0.0431 e. The van der Waals surface area contributed by atoms with Gasteiger partial charge in [-0.2, -0.15) is 0 Å². The van der Waals surface area contributed by atoms with Crippen LogP contribution in [0.4, 0.5) is 0 Å². The molecule has 1 heterocycles. The van der Waals surface area contributed by atoms with E-state index in [0.717, 1.165) is 12.3 Å². The minimum Gasteiger partial charge on any atom is -0.396 e. The highest BCUT2D eigenvalue weighted by molar-refractivity contribution is 4.74. The van der Waals surface area contributed by atoms with Gasteiger partial charge in [-0.15, -0.1) is 0 Å². The van der Waals surface area contributed by atoms with E-state index in [1.54, 1.807) is 0 Å². The van der Waals surface area contributed by atoms with Crippen LogP contribution >= 0.6 is 0 Å². The Kier molecular flexibility index (Phi) is 4.74. The Bertz CT molecular complexity index is 128. The van der Waals surface area contributed by atoms with Gasteiger partial charge in [0, 0.05) is 12.6 Å². The van der Waals surface area contributed by atoms with Gasteiger partial charge in [0.1, 0.15) is 0 Å². The summed E-state index contributed by atoms with van der Waals surface area (Å²) < 4.78 is 0. The van der Waals surface area contributed by atoms with E-state index >= 15 is 0 Å². The highest BCUT2D eigenvalue weighted by atomic mass is 16.2. The summed E-state index contributed by atoms with van der Waals surface area (Å²) in [6.45, 7) is 7.42. The monoisotopic (exact) mass is 185 g/mol. The van der Waals surface area contributed by atoms with E-state index in [9.17, 15) is 0 Å². The van der Waals surface area contributed by atoms with Crippen LogP contribution in [0.2, 0.25) is 0 Å². The molecule has 1 saturated heterocycles. The van der Waals surface area contributed by atoms with Crippen LogP contribution in [0, 0.1) is 5.92 Å². The molecule has 0 aromatic heterocycles. The predicted octanol–water partition coefficient (Wildman–Crippen LogP) is 1.88. The maximum atomic E-state index is 8.73. The molecule has 1 fully saturated rings. The SMILES string of the molecule is CC(C)N1CCC(CCCO)CC1. The molecular weight excluding hydrogens is 162 g/mol. The summed E-state index contributed by atoms with van der Waals surface area (Å²) >= 11 is 0. The number of hydrogen-bond acceptors (Lipinski definition) is 2. The topological polar surface area (TPSA) is 23.5 Å². The highest BCUT2D eigenvalue weighted by Gasteiger charge is 2.19. The molecule has 1 N–H and O–H groups in total. The zero-order chi connectivity index (χ0) is 9.68. The second kappa shape index (κ2) is 5.61. The second-order valence-corrected chi connectivity index (χ2v) is 4.44. The van der Waals surface area contributed by atoms with E-state index in [1.165, 1.54) is 32.4 Å². The van der Waals surface area contributed by atoms with Gasteiger partial charge in [0.15, 0.2) is 0 Å². The number of piperidine rings is 1. The number of likely N-dealkylation sites (tertiary alicyclic amines) is 1. The first-order chi connectivity index (χ1) is 6.24. The van der Waals surface area contributed by atoms with Crippen LogP contribution in [-0.4, -0.2) is 35.7 Å². The van der Waals surface area contributed by atoms with Crippen LogP contribution < -0.4 is 0 Å². The molecule has 1 aliphatic rings. The third-order valence-electron chi connectivity index (χ3n) is 3.15. The Labute approximate surface area is 81.9 Å². The van der Waals surface area contributed by atoms with Crippen LogP contribution in [0.5, 0.6) is 0 Å². The van der Waals surface area contributed by atoms with Crippen molar-refractivity contribution in [1.82, 2.24) is 4.90 Å². The van der Waals surface area contributed by atoms with Crippen molar-refractivity contribution in [2.45, 2.75) is 45.6 Å². The van der Waals surface area contributed by atoms with E-state index in [-0.39, 0.29) is 0 Å². The Hall–Kier alpha value is -0.0800. The van der Waals surface area contributed by atoms with Gasteiger partial charge in [-0.05, 0) is 58.5 Å². The molecule has 0 saturated carbocycles. The summed E-state index contributed by atoms with van der Waals surface area (Å²) in [5, 5.41) is 8.73. The molecule has 0 spiro atoms. The molecule has 0 radical (unpaired) electrons. The number of rotatable bonds is 4. The van der Waals surface area contributed by atoms with Crippen molar-refractivity contribution in [3.8, 4) is 0 Å².